The van der Waals surface area contributed by atoms with Crippen molar-refractivity contribution in [2.24, 2.45) is 5.73 Å². The maximum absolute atomic E-state index is 7.14. The number of hydrogen-bond donors (Lipinski definition) is 2. The second-order valence-corrected chi connectivity index (χ2v) is 3.17. The summed E-state index contributed by atoms with van der Waals surface area (Å²) in [5.74, 6) is 0.137. The van der Waals surface area contributed by atoms with Gasteiger partial charge in [-0.15, -0.1) is 0 Å². The number of rotatable bonds is 2. The normalized spacial score (nSPS) is 9.55. The van der Waals surface area contributed by atoms with E-state index in [-0.39, 0.29) is 5.84 Å². The minimum atomic E-state index is 0.137. The van der Waals surface area contributed by atoms with E-state index in [2.05, 4.69) is 0 Å². The molecule has 3 heteroatoms. The predicted molar refractivity (Wildman–Crippen MR) is 49.7 cm³/mol. The molecule has 0 spiro atoms. The molecule has 2 nitrogen and oxygen atoms in total. The second kappa shape index (κ2) is 3.58. The molecule has 1 rings (SSSR count). The molecule has 0 fully saturated rings. The van der Waals surface area contributed by atoms with Gasteiger partial charge >= 0.3 is 74.4 Å². The Morgan fingerprint density at radius 3 is 2.27 bits per heavy atom. The van der Waals surface area contributed by atoms with Crippen LogP contribution in [0.3, 0.4) is 0 Å². The van der Waals surface area contributed by atoms with Crippen LogP contribution in [-0.4, -0.2) is 22.7 Å². The van der Waals surface area contributed by atoms with E-state index < -0.39 is 0 Å². The molecule has 0 heterocycles. The second-order valence-electron chi connectivity index (χ2n) is 2.31. The fourth-order valence-electron chi connectivity index (χ4n) is 0.820. The summed E-state index contributed by atoms with van der Waals surface area (Å²) in [7, 11) is 0. The summed E-state index contributed by atoms with van der Waals surface area (Å²) in [5, 5.41) is 8.23. The van der Waals surface area contributed by atoms with E-state index >= 15 is 0 Å². The maximum atomic E-state index is 7.14. The van der Waals surface area contributed by atoms with Gasteiger partial charge in [-0.2, -0.15) is 0 Å². The van der Waals surface area contributed by atoms with Crippen molar-refractivity contribution >= 4 is 22.7 Å². The molecule has 0 radical (unpaired) electrons. The van der Waals surface area contributed by atoms with Crippen LogP contribution in [0, 0.1) is 5.41 Å². The van der Waals surface area contributed by atoms with Crippen LogP contribution >= 0.6 is 0 Å². The number of hydrogen-bond acceptors (Lipinski definition) is 1. The zero-order valence-corrected chi connectivity index (χ0v) is 8.59. The average Bonchev–Trinajstić information content (AvgIpc) is 2.05. The quantitative estimate of drug-likeness (QED) is 0.406. The third-order valence-corrected chi connectivity index (χ3v) is 2.49. The van der Waals surface area contributed by atoms with Gasteiger partial charge in [-0.05, 0) is 0 Å². The molecule has 0 aromatic heterocycles. The molecule has 0 aliphatic heterocycles. The summed E-state index contributed by atoms with van der Waals surface area (Å²) in [5.41, 5.74) is 7.39. The molecule has 0 saturated carbocycles. The number of benzene rings is 1. The minimum absolute atomic E-state index is 0.137. The summed E-state index contributed by atoms with van der Waals surface area (Å²) >= 11 is 1.69. The summed E-state index contributed by atoms with van der Waals surface area (Å²) in [6, 6.07) is 7.80. The van der Waals surface area contributed by atoms with E-state index in [1.54, 1.807) is 16.9 Å². The fourth-order valence-corrected chi connectivity index (χ4v) is 1.39. The van der Waals surface area contributed by atoms with Crippen LogP contribution < -0.4 is 5.73 Å². The topological polar surface area (TPSA) is 49.9 Å². The zero-order valence-electron chi connectivity index (χ0n) is 6.17. The van der Waals surface area contributed by atoms with Crippen molar-refractivity contribution in [3.05, 3.63) is 35.4 Å². The third-order valence-electron chi connectivity index (χ3n) is 1.50. The zero-order chi connectivity index (χ0) is 8.27. The average molecular weight is 210 g/mol. The van der Waals surface area contributed by atoms with Crippen LogP contribution in [0.15, 0.2) is 24.3 Å². The van der Waals surface area contributed by atoms with E-state index in [1.165, 1.54) is 5.56 Å². The Morgan fingerprint density at radius 2 is 1.91 bits per heavy atom. The Morgan fingerprint density at radius 1 is 1.36 bits per heavy atom. The standard InChI is InChI=1S/C8H11AsN2/c9-5-6-1-3-7(4-2-6)8(10)11/h1-4H,5,9H2,(H3,10,11). The molecular weight excluding hydrogens is 199 g/mol. The van der Waals surface area contributed by atoms with Crippen LogP contribution in [0.1, 0.15) is 11.1 Å². The van der Waals surface area contributed by atoms with Crippen molar-refractivity contribution < 1.29 is 0 Å². The number of nitrogens with one attached hydrogen (secondary N) is 1. The third kappa shape index (κ3) is 2.09. The van der Waals surface area contributed by atoms with Gasteiger partial charge in [-0.1, -0.05) is 0 Å². The van der Waals surface area contributed by atoms with Crippen LogP contribution in [0.4, 0.5) is 0 Å². The number of nitrogen functional groups attached to an aromatic ring is 1. The molecule has 1 unspecified atom stereocenters. The van der Waals surface area contributed by atoms with Crippen LogP contribution in [-0.2, 0) is 5.21 Å². The van der Waals surface area contributed by atoms with Crippen LogP contribution in [0.25, 0.3) is 0 Å². The van der Waals surface area contributed by atoms with Gasteiger partial charge in [0.2, 0.25) is 0 Å². The molecular formula is C8H11AsN2. The monoisotopic (exact) mass is 210 g/mol. The molecule has 3 N–H and O–H groups in total. The SMILES string of the molecule is N=C(N)c1ccc(C[AsH2])cc1. The first-order chi connectivity index (χ1) is 5.24. The molecule has 0 amide bonds. The molecule has 11 heavy (non-hydrogen) atoms. The van der Waals surface area contributed by atoms with Crippen molar-refractivity contribution in [2.45, 2.75) is 5.21 Å². The molecule has 0 aliphatic carbocycles. The number of amidine groups is 1. The van der Waals surface area contributed by atoms with E-state index in [0.717, 1.165) is 10.8 Å². The van der Waals surface area contributed by atoms with E-state index in [9.17, 15) is 0 Å². The molecule has 58 valence electrons. The van der Waals surface area contributed by atoms with Crippen molar-refractivity contribution in [2.75, 3.05) is 0 Å². The summed E-state index contributed by atoms with van der Waals surface area (Å²) < 4.78 is 0. The van der Waals surface area contributed by atoms with Gasteiger partial charge in [-0.25, -0.2) is 0 Å². The molecule has 1 aromatic rings. The predicted octanol–water partition coefficient (Wildman–Crippen LogP) is 0.104. The Bertz CT molecular complexity index is 253. The molecule has 1 atom stereocenters. The first kappa shape index (κ1) is 8.35. The van der Waals surface area contributed by atoms with Gasteiger partial charge in [0.05, 0.1) is 0 Å². The molecule has 0 aliphatic rings. The van der Waals surface area contributed by atoms with Gasteiger partial charge in [0, 0.05) is 0 Å². The fraction of sp³-hybridized carbons (Fsp3) is 0.125. The van der Waals surface area contributed by atoms with Crippen LogP contribution in [0.5, 0.6) is 0 Å². The Hall–Kier alpha value is -0.752. The molecule has 1 aromatic carbocycles. The first-order valence-corrected chi connectivity index (χ1v) is 5.08. The van der Waals surface area contributed by atoms with E-state index in [1.807, 2.05) is 24.3 Å². The van der Waals surface area contributed by atoms with Gasteiger partial charge in [0.1, 0.15) is 0 Å². The number of nitrogens with two attached hydrogens (primary N) is 1. The van der Waals surface area contributed by atoms with Crippen molar-refractivity contribution in [1.82, 2.24) is 0 Å². The van der Waals surface area contributed by atoms with E-state index in [4.69, 9.17) is 11.1 Å². The summed E-state index contributed by atoms with van der Waals surface area (Å²) in [6.45, 7) is 0. The summed E-state index contributed by atoms with van der Waals surface area (Å²) in [6.07, 6.45) is 0. The Balaban J connectivity index is 2.91. The van der Waals surface area contributed by atoms with Gasteiger partial charge < -0.3 is 0 Å². The Labute approximate surface area is 74.8 Å². The molecule has 0 saturated heterocycles. The van der Waals surface area contributed by atoms with Crippen molar-refractivity contribution in [3.63, 3.8) is 0 Å². The van der Waals surface area contributed by atoms with Gasteiger partial charge in [0.15, 0.2) is 0 Å². The Kier molecular flexibility index (Phi) is 2.72. The first-order valence-electron chi connectivity index (χ1n) is 3.37. The van der Waals surface area contributed by atoms with Gasteiger partial charge in [-0.3, -0.25) is 0 Å². The van der Waals surface area contributed by atoms with Crippen molar-refractivity contribution in [3.8, 4) is 0 Å². The van der Waals surface area contributed by atoms with Crippen molar-refractivity contribution in [1.29, 1.82) is 5.41 Å². The van der Waals surface area contributed by atoms with E-state index in [0.29, 0.717) is 0 Å². The summed E-state index contributed by atoms with van der Waals surface area (Å²) in [4.78, 5) is 0. The molecule has 0 bridgehead atoms. The van der Waals surface area contributed by atoms with Gasteiger partial charge in [0.25, 0.3) is 0 Å². The van der Waals surface area contributed by atoms with Crippen LogP contribution in [0.2, 0.25) is 0 Å².